The summed E-state index contributed by atoms with van der Waals surface area (Å²) in [6.07, 6.45) is 0.758. The minimum absolute atomic E-state index is 0.117. The number of hydrogen-bond donors (Lipinski definition) is 1. The molecule has 0 spiro atoms. The highest BCUT2D eigenvalue weighted by Gasteiger charge is 2.19. The van der Waals surface area contributed by atoms with E-state index in [9.17, 15) is 8.42 Å². The maximum absolute atomic E-state index is 12.8. The van der Waals surface area contributed by atoms with Gasteiger partial charge in [0.05, 0.1) is 28.7 Å². The largest absolute Gasteiger partial charge is 0.490 e. The zero-order chi connectivity index (χ0) is 19.4. The number of nitrogens with one attached hydrogen (secondary N) is 1. The van der Waals surface area contributed by atoms with Crippen LogP contribution in [0.15, 0.2) is 64.9 Å². The van der Waals surface area contributed by atoms with Crippen molar-refractivity contribution >= 4 is 27.0 Å². The number of thiophene rings is 1. The summed E-state index contributed by atoms with van der Waals surface area (Å²) in [5.74, 6) is 7.11. The van der Waals surface area contributed by atoms with E-state index in [1.54, 1.807) is 35.6 Å². The molecule has 0 radical (unpaired) electrons. The van der Waals surface area contributed by atoms with Crippen molar-refractivity contribution < 1.29 is 17.9 Å². The Kier molecular flexibility index (Phi) is 5.24. The second kappa shape index (κ2) is 7.97. The fourth-order valence-corrected chi connectivity index (χ4v) is 4.30. The third kappa shape index (κ3) is 4.30. The summed E-state index contributed by atoms with van der Waals surface area (Å²) >= 11 is 1.56. The Morgan fingerprint density at radius 3 is 2.61 bits per heavy atom. The van der Waals surface area contributed by atoms with Crippen LogP contribution in [0.5, 0.6) is 11.5 Å². The molecule has 0 bridgehead atoms. The molecule has 7 heteroatoms. The first-order chi connectivity index (χ1) is 13.6. The molecule has 28 heavy (non-hydrogen) atoms. The van der Waals surface area contributed by atoms with Gasteiger partial charge in [-0.2, -0.15) is 0 Å². The van der Waals surface area contributed by atoms with Crippen molar-refractivity contribution in [3.05, 3.63) is 70.4 Å². The molecule has 0 saturated heterocycles. The van der Waals surface area contributed by atoms with Crippen molar-refractivity contribution in [3.63, 3.8) is 0 Å². The first-order valence-electron chi connectivity index (χ1n) is 8.68. The molecular weight excluding hydrogens is 394 g/mol. The second-order valence-electron chi connectivity index (χ2n) is 6.07. The fourth-order valence-electron chi connectivity index (χ4n) is 2.67. The normalized spacial score (nSPS) is 13.1. The molecule has 0 unspecified atom stereocenters. The first kappa shape index (κ1) is 18.4. The molecule has 1 aromatic heterocycles. The number of ether oxygens (including phenoxy) is 2. The Morgan fingerprint density at radius 2 is 1.79 bits per heavy atom. The Balaban J connectivity index is 1.56. The molecule has 142 valence electrons. The second-order valence-corrected chi connectivity index (χ2v) is 8.70. The van der Waals surface area contributed by atoms with Gasteiger partial charge in [-0.1, -0.05) is 24.0 Å². The lowest BCUT2D eigenvalue weighted by atomic mass is 10.2. The van der Waals surface area contributed by atoms with Crippen LogP contribution in [-0.4, -0.2) is 21.6 Å². The summed E-state index contributed by atoms with van der Waals surface area (Å²) in [5, 5.41) is 1.96. The first-order valence-corrected chi connectivity index (χ1v) is 11.0. The van der Waals surface area contributed by atoms with Crippen molar-refractivity contribution in [1.29, 1.82) is 0 Å². The summed E-state index contributed by atoms with van der Waals surface area (Å²) in [6.45, 7) is 1.05. The van der Waals surface area contributed by atoms with Gasteiger partial charge in [0.25, 0.3) is 10.0 Å². The van der Waals surface area contributed by atoms with Crippen LogP contribution in [0, 0.1) is 11.8 Å². The van der Waals surface area contributed by atoms with E-state index in [0.717, 1.165) is 16.9 Å². The fraction of sp³-hybridized carbons (Fsp3) is 0.143. The molecule has 0 atom stereocenters. The summed E-state index contributed by atoms with van der Waals surface area (Å²) in [4.78, 5) is 1.07. The number of anilines is 1. The van der Waals surface area contributed by atoms with Gasteiger partial charge in [0, 0.05) is 18.1 Å². The Morgan fingerprint density at radius 1 is 0.929 bits per heavy atom. The smallest absolute Gasteiger partial charge is 0.262 e. The Bertz CT molecular complexity index is 1140. The molecule has 4 rings (SSSR count). The number of sulfonamides is 1. The van der Waals surface area contributed by atoms with Gasteiger partial charge in [0.1, 0.15) is 0 Å². The third-order valence-corrected chi connectivity index (χ3v) is 6.16. The van der Waals surface area contributed by atoms with Crippen molar-refractivity contribution in [1.82, 2.24) is 0 Å². The highest BCUT2D eigenvalue weighted by Crippen LogP contribution is 2.32. The van der Waals surface area contributed by atoms with Gasteiger partial charge in [-0.15, -0.1) is 11.3 Å². The van der Waals surface area contributed by atoms with Crippen LogP contribution < -0.4 is 14.2 Å². The van der Waals surface area contributed by atoms with Gasteiger partial charge in [-0.3, -0.25) is 4.72 Å². The summed E-state index contributed by atoms with van der Waals surface area (Å²) < 4.78 is 39.3. The highest BCUT2D eigenvalue weighted by atomic mass is 32.2. The molecule has 0 fully saturated rings. The molecule has 5 nitrogen and oxygen atoms in total. The molecule has 2 aromatic carbocycles. The Labute approximate surface area is 168 Å². The molecule has 1 N–H and O–H groups in total. The molecule has 3 aromatic rings. The highest BCUT2D eigenvalue weighted by molar-refractivity contribution is 7.92. The lowest BCUT2D eigenvalue weighted by molar-refractivity contribution is 0.297. The number of benzene rings is 2. The average molecular weight is 412 g/mol. The quantitative estimate of drug-likeness (QED) is 0.659. The van der Waals surface area contributed by atoms with Gasteiger partial charge in [0.2, 0.25) is 0 Å². The Hall–Kier alpha value is -2.95. The number of fused-ring (bicyclic) bond motifs is 1. The van der Waals surface area contributed by atoms with Gasteiger partial charge in [-0.25, -0.2) is 8.42 Å². The predicted molar refractivity (Wildman–Crippen MR) is 110 cm³/mol. The van der Waals surface area contributed by atoms with Crippen LogP contribution in [0.1, 0.15) is 16.9 Å². The molecule has 1 aliphatic rings. The van der Waals surface area contributed by atoms with E-state index in [0.29, 0.717) is 30.4 Å². The van der Waals surface area contributed by atoms with Crippen molar-refractivity contribution in [3.8, 4) is 23.3 Å². The number of rotatable bonds is 3. The minimum Gasteiger partial charge on any atom is -0.490 e. The molecule has 0 aliphatic carbocycles. The summed E-state index contributed by atoms with van der Waals surface area (Å²) in [7, 11) is -3.77. The van der Waals surface area contributed by atoms with E-state index >= 15 is 0 Å². The SMILES string of the molecule is O=S(=O)(Nc1cccc(C#Cc2cccs2)c1)c1ccc2c(c1)OCCCO2. The van der Waals surface area contributed by atoms with Crippen molar-refractivity contribution in [2.45, 2.75) is 11.3 Å². The predicted octanol–water partition coefficient (Wildman–Crippen LogP) is 4.11. The molecule has 0 amide bonds. The third-order valence-electron chi connectivity index (χ3n) is 4.00. The van der Waals surface area contributed by atoms with E-state index < -0.39 is 10.0 Å². The van der Waals surface area contributed by atoms with Crippen molar-refractivity contribution in [2.24, 2.45) is 0 Å². The van der Waals surface area contributed by atoms with Crippen molar-refractivity contribution in [2.75, 3.05) is 17.9 Å². The summed E-state index contributed by atoms with van der Waals surface area (Å²) in [5.41, 5.74) is 1.18. The van der Waals surface area contributed by atoms with Crippen LogP contribution >= 0.6 is 11.3 Å². The van der Waals surface area contributed by atoms with E-state index in [1.807, 2.05) is 23.6 Å². The minimum atomic E-state index is -3.77. The van der Waals surface area contributed by atoms with Gasteiger partial charge in [0.15, 0.2) is 11.5 Å². The molecule has 2 heterocycles. The maximum Gasteiger partial charge on any atom is 0.262 e. The zero-order valence-electron chi connectivity index (χ0n) is 14.8. The van der Waals surface area contributed by atoms with E-state index in [-0.39, 0.29) is 4.90 Å². The topological polar surface area (TPSA) is 64.6 Å². The molecular formula is C21H17NO4S2. The average Bonchev–Trinajstić information content (AvgIpc) is 3.09. The lowest BCUT2D eigenvalue weighted by Crippen LogP contribution is -2.13. The standard InChI is InChI=1S/C21H17NO4S2/c23-28(24,19-9-10-20-21(15-19)26-12-3-11-25-20)22-17-5-1-4-16(14-17)7-8-18-6-2-13-27-18/h1-2,4-6,9-10,13-15,22H,3,11-12H2. The lowest BCUT2D eigenvalue weighted by Gasteiger charge is -2.11. The van der Waals surface area contributed by atoms with E-state index in [1.165, 1.54) is 12.1 Å². The molecule has 1 aliphatic heterocycles. The zero-order valence-corrected chi connectivity index (χ0v) is 16.5. The molecule has 0 saturated carbocycles. The van der Waals surface area contributed by atoms with Crippen LogP contribution in [0.3, 0.4) is 0 Å². The van der Waals surface area contributed by atoms with Gasteiger partial charge >= 0.3 is 0 Å². The number of hydrogen-bond acceptors (Lipinski definition) is 5. The van der Waals surface area contributed by atoms with Crippen LogP contribution in [0.25, 0.3) is 0 Å². The van der Waals surface area contributed by atoms with E-state index in [4.69, 9.17) is 9.47 Å². The van der Waals surface area contributed by atoms with Crippen LogP contribution in [0.4, 0.5) is 5.69 Å². The summed E-state index contributed by atoms with van der Waals surface area (Å²) in [6, 6.07) is 15.5. The monoisotopic (exact) mass is 411 g/mol. The van der Waals surface area contributed by atoms with E-state index in [2.05, 4.69) is 16.6 Å². The van der Waals surface area contributed by atoms with Gasteiger partial charge in [-0.05, 0) is 41.8 Å². The van der Waals surface area contributed by atoms with Crippen LogP contribution in [0.2, 0.25) is 0 Å². The van der Waals surface area contributed by atoms with Gasteiger partial charge < -0.3 is 9.47 Å². The van der Waals surface area contributed by atoms with Crippen LogP contribution in [-0.2, 0) is 10.0 Å². The maximum atomic E-state index is 12.8.